The molecule has 0 spiro atoms. The first-order valence-corrected chi connectivity index (χ1v) is 1.65. The molecule has 6 heavy (non-hydrogen) atoms. The van der Waals surface area contributed by atoms with Gasteiger partial charge in [0.25, 0.3) is 0 Å². The molecule has 1 saturated heterocycles. The van der Waals surface area contributed by atoms with Crippen LogP contribution in [0.25, 0.3) is 0 Å². The van der Waals surface area contributed by atoms with Crippen molar-refractivity contribution in [1.82, 2.24) is 0 Å². The van der Waals surface area contributed by atoms with Crippen molar-refractivity contribution in [2.45, 2.75) is 0 Å². The van der Waals surface area contributed by atoms with Crippen molar-refractivity contribution in [3.8, 4) is 0 Å². The van der Waals surface area contributed by atoms with Crippen LogP contribution in [0.5, 0.6) is 0 Å². The summed E-state index contributed by atoms with van der Waals surface area (Å²) in [5.74, 6) is 0. The summed E-state index contributed by atoms with van der Waals surface area (Å²) in [4.78, 5) is 0. The van der Waals surface area contributed by atoms with E-state index in [4.69, 9.17) is 9.47 Å². The molecule has 0 aromatic carbocycles. The van der Waals surface area contributed by atoms with Gasteiger partial charge < -0.3 is 9.47 Å². The van der Waals surface area contributed by atoms with E-state index in [1.807, 2.05) is 0 Å². The Morgan fingerprint density at radius 3 is 1.67 bits per heavy atom. The van der Waals surface area contributed by atoms with E-state index >= 15 is 0 Å². The summed E-state index contributed by atoms with van der Waals surface area (Å²) in [5.41, 5.74) is 0. The number of hydrogen-bond donors (Lipinski definition) is 0. The molecule has 3 heteroatoms. The molecular formula is C3H6O2Re. The van der Waals surface area contributed by atoms with Crippen LogP contribution in [-0.2, 0) is 29.9 Å². The van der Waals surface area contributed by atoms with Gasteiger partial charge in [0.1, 0.15) is 6.79 Å². The standard InChI is InChI=1S/C3H6O2.Re/c1-2-5-3-4-1;/h1-3H2;. The molecule has 0 amide bonds. The first-order valence-electron chi connectivity index (χ1n) is 1.65. The molecule has 1 rings (SSSR count). The van der Waals surface area contributed by atoms with Crippen LogP contribution in [-0.4, -0.2) is 20.0 Å². The van der Waals surface area contributed by atoms with E-state index in [0.29, 0.717) is 6.79 Å². The molecule has 0 aliphatic carbocycles. The van der Waals surface area contributed by atoms with Gasteiger partial charge in [-0.05, 0) is 0 Å². The fourth-order valence-corrected chi connectivity index (χ4v) is 0.295. The second-order valence-corrected chi connectivity index (χ2v) is 0.934. The molecule has 0 aromatic rings. The summed E-state index contributed by atoms with van der Waals surface area (Å²) in [6.07, 6.45) is 0. The van der Waals surface area contributed by atoms with Gasteiger partial charge in [0, 0.05) is 20.4 Å². The van der Waals surface area contributed by atoms with Crippen molar-refractivity contribution in [2.75, 3.05) is 20.0 Å². The minimum atomic E-state index is 0. The van der Waals surface area contributed by atoms with E-state index in [-0.39, 0.29) is 20.4 Å². The molecule has 37 valence electrons. The van der Waals surface area contributed by atoms with Crippen LogP contribution in [0.2, 0.25) is 0 Å². The Bertz CT molecular complexity index is 20.4. The van der Waals surface area contributed by atoms with Crippen molar-refractivity contribution >= 4 is 0 Å². The Hall–Kier alpha value is 0.582. The summed E-state index contributed by atoms with van der Waals surface area (Å²) in [6.45, 7) is 2.06. The maximum Gasteiger partial charge on any atom is 0.146 e. The predicted octanol–water partition coefficient (Wildman–Crippen LogP) is -0.0118. The van der Waals surface area contributed by atoms with E-state index in [0.717, 1.165) is 13.2 Å². The summed E-state index contributed by atoms with van der Waals surface area (Å²) < 4.78 is 9.44. The molecule has 0 unspecified atom stereocenters. The molecule has 1 radical (unpaired) electrons. The minimum Gasteiger partial charge on any atom is -0.353 e. The van der Waals surface area contributed by atoms with Crippen LogP contribution in [0.4, 0.5) is 0 Å². The van der Waals surface area contributed by atoms with Gasteiger partial charge in [0.05, 0.1) is 13.2 Å². The molecule has 0 aromatic heterocycles. The third-order valence-corrected chi connectivity index (χ3v) is 0.539. The molecule has 1 heterocycles. The Labute approximate surface area is 50.5 Å². The van der Waals surface area contributed by atoms with Gasteiger partial charge in [-0.15, -0.1) is 0 Å². The smallest absolute Gasteiger partial charge is 0.146 e. The molecule has 0 bridgehead atoms. The molecule has 0 saturated carbocycles. The zero-order chi connectivity index (χ0) is 3.54. The Morgan fingerprint density at radius 2 is 1.50 bits per heavy atom. The Morgan fingerprint density at radius 1 is 1.00 bits per heavy atom. The number of rotatable bonds is 0. The fraction of sp³-hybridized carbons (Fsp3) is 1.00. The third kappa shape index (κ3) is 1.89. The SMILES string of the molecule is C1COCO1.[Re]. The van der Waals surface area contributed by atoms with Crippen LogP contribution in [0.1, 0.15) is 0 Å². The second-order valence-electron chi connectivity index (χ2n) is 0.934. The van der Waals surface area contributed by atoms with Gasteiger partial charge in [-0.25, -0.2) is 0 Å². The first-order chi connectivity index (χ1) is 2.50. The van der Waals surface area contributed by atoms with Gasteiger partial charge in [0.2, 0.25) is 0 Å². The van der Waals surface area contributed by atoms with E-state index in [1.54, 1.807) is 0 Å². The van der Waals surface area contributed by atoms with Gasteiger partial charge in [-0.3, -0.25) is 0 Å². The topological polar surface area (TPSA) is 18.5 Å². The van der Waals surface area contributed by atoms with Crippen LogP contribution < -0.4 is 0 Å². The van der Waals surface area contributed by atoms with E-state index in [2.05, 4.69) is 0 Å². The van der Waals surface area contributed by atoms with Crippen molar-refractivity contribution in [1.29, 1.82) is 0 Å². The van der Waals surface area contributed by atoms with E-state index in [1.165, 1.54) is 0 Å². The first kappa shape index (κ1) is 6.58. The van der Waals surface area contributed by atoms with Crippen molar-refractivity contribution in [2.24, 2.45) is 0 Å². The average molecular weight is 260 g/mol. The van der Waals surface area contributed by atoms with Crippen LogP contribution in [0.15, 0.2) is 0 Å². The summed E-state index contributed by atoms with van der Waals surface area (Å²) in [5, 5.41) is 0. The average Bonchev–Trinajstić information content (AvgIpc) is 1.76. The summed E-state index contributed by atoms with van der Waals surface area (Å²) in [6, 6.07) is 0. The van der Waals surface area contributed by atoms with E-state index in [9.17, 15) is 0 Å². The number of hydrogen-bond acceptors (Lipinski definition) is 2. The molecule has 1 fully saturated rings. The predicted molar refractivity (Wildman–Crippen MR) is 16.8 cm³/mol. The minimum absolute atomic E-state index is 0. The molecule has 1 aliphatic heterocycles. The summed E-state index contributed by atoms with van der Waals surface area (Å²) in [7, 11) is 0. The fourth-order valence-electron chi connectivity index (χ4n) is 0.295. The van der Waals surface area contributed by atoms with Crippen LogP contribution in [0.3, 0.4) is 0 Å². The second kappa shape index (κ2) is 3.76. The third-order valence-electron chi connectivity index (χ3n) is 0.539. The zero-order valence-corrected chi connectivity index (χ0v) is 6.03. The van der Waals surface area contributed by atoms with Crippen molar-refractivity contribution < 1.29 is 29.9 Å². The molecule has 0 atom stereocenters. The van der Waals surface area contributed by atoms with Gasteiger partial charge in [-0.2, -0.15) is 0 Å². The normalized spacial score (nSPS) is 20.0. The monoisotopic (exact) mass is 261 g/mol. The van der Waals surface area contributed by atoms with Crippen LogP contribution in [0, 0.1) is 0 Å². The molecule has 0 N–H and O–H groups in total. The van der Waals surface area contributed by atoms with Crippen LogP contribution >= 0.6 is 0 Å². The summed E-state index contributed by atoms with van der Waals surface area (Å²) >= 11 is 0. The Balaban J connectivity index is 0.000000250. The van der Waals surface area contributed by atoms with Gasteiger partial charge in [-0.1, -0.05) is 0 Å². The van der Waals surface area contributed by atoms with Gasteiger partial charge >= 0.3 is 0 Å². The molecule has 2 nitrogen and oxygen atoms in total. The maximum absolute atomic E-state index is 4.72. The molecule has 1 aliphatic rings. The Kier molecular flexibility index (Phi) is 4.13. The molecular weight excluding hydrogens is 254 g/mol. The maximum atomic E-state index is 4.72. The van der Waals surface area contributed by atoms with Gasteiger partial charge in [0.15, 0.2) is 0 Å². The van der Waals surface area contributed by atoms with Crippen molar-refractivity contribution in [3.63, 3.8) is 0 Å². The quantitative estimate of drug-likeness (QED) is 0.610. The zero-order valence-electron chi connectivity index (χ0n) is 3.32. The number of ether oxygens (including phenoxy) is 2. The largest absolute Gasteiger partial charge is 0.353 e. The van der Waals surface area contributed by atoms with E-state index < -0.39 is 0 Å². The van der Waals surface area contributed by atoms with Crippen molar-refractivity contribution in [3.05, 3.63) is 0 Å².